The fourth-order valence-electron chi connectivity index (χ4n) is 1.22. The number of nitrogens with one attached hydrogen (secondary N) is 2. The largest absolute Gasteiger partial charge is 0.492 e. The van der Waals surface area contributed by atoms with Gasteiger partial charge in [0.25, 0.3) is 0 Å². The first-order valence-corrected chi connectivity index (χ1v) is 6.02. The van der Waals surface area contributed by atoms with Crippen LogP contribution >= 0.6 is 15.9 Å². The monoisotopic (exact) mass is 301 g/mol. The van der Waals surface area contributed by atoms with E-state index in [0.717, 1.165) is 15.8 Å². The van der Waals surface area contributed by atoms with Gasteiger partial charge in [0, 0.05) is 19.6 Å². The number of aliphatic hydroxyl groups is 1. The third-order valence-corrected chi connectivity index (χ3v) is 2.66. The number of rotatable bonds is 6. The molecule has 0 bridgehead atoms. The van der Waals surface area contributed by atoms with Crippen LogP contribution in [0.1, 0.15) is 12.0 Å². The Labute approximate surface area is 109 Å². The summed E-state index contributed by atoms with van der Waals surface area (Å²) >= 11 is 3.41. The number of hydrogen-bond acceptors (Lipinski definition) is 3. The van der Waals surface area contributed by atoms with Crippen molar-refractivity contribution >= 4 is 21.9 Å². The number of guanidine groups is 1. The molecule has 0 aliphatic rings. The lowest BCUT2D eigenvalue weighted by Gasteiger charge is -2.09. The first-order chi connectivity index (χ1) is 8.13. The molecule has 17 heavy (non-hydrogen) atoms. The molecule has 0 heterocycles. The van der Waals surface area contributed by atoms with Gasteiger partial charge in [-0.2, -0.15) is 0 Å². The summed E-state index contributed by atoms with van der Waals surface area (Å²) in [5.74, 6) is 0.689. The van der Waals surface area contributed by atoms with Gasteiger partial charge >= 0.3 is 0 Å². The molecule has 0 aromatic heterocycles. The molecule has 0 saturated carbocycles. The highest BCUT2D eigenvalue weighted by Gasteiger charge is 2.02. The normalized spacial score (nSPS) is 10.0. The fraction of sp³-hybridized carbons (Fsp3) is 0.364. The van der Waals surface area contributed by atoms with E-state index in [1.807, 2.05) is 18.2 Å². The van der Waals surface area contributed by atoms with Crippen LogP contribution in [0.25, 0.3) is 0 Å². The lowest BCUT2D eigenvalue weighted by atomic mass is 10.2. The van der Waals surface area contributed by atoms with Gasteiger partial charge in [-0.1, -0.05) is 6.07 Å². The van der Waals surface area contributed by atoms with Crippen LogP contribution in [-0.4, -0.2) is 24.3 Å². The SMILES string of the molecule is N=C(N)NCc1ccc(OCCCO)c(Br)c1. The summed E-state index contributed by atoms with van der Waals surface area (Å²) in [6.07, 6.45) is 0.611. The molecule has 0 saturated heterocycles. The first-order valence-electron chi connectivity index (χ1n) is 5.23. The number of ether oxygens (including phenoxy) is 1. The van der Waals surface area contributed by atoms with Gasteiger partial charge < -0.3 is 20.9 Å². The molecular weight excluding hydrogens is 286 g/mol. The van der Waals surface area contributed by atoms with Crippen LogP contribution in [0.5, 0.6) is 5.75 Å². The van der Waals surface area contributed by atoms with Gasteiger partial charge in [-0.3, -0.25) is 5.41 Å². The second-order valence-electron chi connectivity index (χ2n) is 3.46. The van der Waals surface area contributed by atoms with Crippen LogP contribution in [-0.2, 0) is 6.54 Å². The van der Waals surface area contributed by atoms with Crippen LogP contribution in [0.3, 0.4) is 0 Å². The summed E-state index contributed by atoms with van der Waals surface area (Å²) < 4.78 is 6.31. The molecule has 0 amide bonds. The van der Waals surface area contributed by atoms with E-state index in [2.05, 4.69) is 21.2 Å². The van der Waals surface area contributed by atoms with Crippen molar-refractivity contribution in [2.75, 3.05) is 13.2 Å². The van der Waals surface area contributed by atoms with Crippen LogP contribution in [0, 0.1) is 5.41 Å². The Hall–Kier alpha value is -1.27. The van der Waals surface area contributed by atoms with E-state index in [9.17, 15) is 0 Å². The van der Waals surface area contributed by atoms with Crippen molar-refractivity contribution in [1.29, 1.82) is 5.41 Å². The summed E-state index contributed by atoms with van der Waals surface area (Å²) in [6.45, 7) is 1.11. The Balaban J connectivity index is 2.56. The summed E-state index contributed by atoms with van der Waals surface area (Å²) in [5.41, 5.74) is 6.20. The summed E-state index contributed by atoms with van der Waals surface area (Å²) in [7, 11) is 0. The van der Waals surface area contributed by atoms with E-state index in [-0.39, 0.29) is 12.6 Å². The zero-order valence-electron chi connectivity index (χ0n) is 9.37. The third-order valence-electron chi connectivity index (χ3n) is 2.04. The van der Waals surface area contributed by atoms with Crippen molar-refractivity contribution in [3.05, 3.63) is 28.2 Å². The minimum Gasteiger partial charge on any atom is -0.492 e. The lowest BCUT2D eigenvalue weighted by molar-refractivity contribution is 0.233. The number of nitrogens with two attached hydrogens (primary N) is 1. The van der Waals surface area contributed by atoms with Gasteiger partial charge in [0.15, 0.2) is 5.96 Å². The van der Waals surface area contributed by atoms with Crippen molar-refractivity contribution in [2.45, 2.75) is 13.0 Å². The molecule has 0 fully saturated rings. The lowest BCUT2D eigenvalue weighted by Crippen LogP contribution is -2.29. The van der Waals surface area contributed by atoms with Crippen LogP contribution in [0.15, 0.2) is 22.7 Å². The fourth-order valence-corrected chi connectivity index (χ4v) is 1.76. The minimum atomic E-state index is -0.0515. The zero-order chi connectivity index (χ0) is 12.7. The van der Waals surface area contributed by atoms with Gasteiger partial charge in [-0.15, -0.1) is 0 Å². The van der Waals surface area contributed by atoms with Crippen LogP contribution in [0.4, 0.5) is 0 Å². The third kappa shape index (κ3) is 5.06. The molecule has 0 spiro atoms. The molecule has 6 heteroatoms. The maximum Gasteiger partial charge on any atom is 0.185 e. The molecule has 1 rings (SSSR count). The van der Waals surface area contributed by atoms with Crippen LogP contribution in [0.2, 0.25) is 0 Å². The van der Waals surface area contributed by atoms with Crippen molar-refractivity contribution in [1.82, 2.24) is 5.32 Å². The molecule has 0 unspecified atom stereocenters. The van der Waals surface area contributed by atoms with Crippen molar-refractivity contribution in [2.24, 2.45) is 5.73 Å². The molecular formula is C11H16BrN3O2. The highest BCUT2D eigenvalue weighted by molar-refractivity contribution is 9.10. The summed E-state index contributed by atoms with van der Waals surface area (Å²) in [5, 5.41) is 18.4. The molecule has 5 nitrogen and oxygen atoms in total. The number of hydrogen-bond donors (Lipinski definition) is 4. The molecule has 0 aliphatic carbocycles. The maximum absolute atomic E-state index is 8.65. The quantitative estimate of drug-likeness (QED) is 0.361. The second kappa shape index (κ2) is 7.13. The van der Waals surface area contributed by atoms with E-state index in [4.69, 9.17) is 21.0 Å². The van der Waals surface area contributed by atoms with E-state index in [0.29, 0.717) is 19.6 Å². The second-order valence-corrected chi connectivity index (χ2v) is 4.31. The van der Waals surface area contributed by atoms with Gasteiger partial charge in [-0.25, -0.2) is 0 Å². The number of benzene rings is 1. The standard InChI is InChI=1S/C11H16BrN3O2/c12-9-6-8(7-15-11(13)14)2-3-10(9)17-5-1-4-16/h2-3,6,16H,1,4-5,7H2,(H4,13,14,15). The van der Waals surface area contributed by atoms with Crippen molar-refractivity contribution < 1.29 is 9.84 Å². The smallest absolute Gasteiger partial charge is 0.185 e. The van der Waals surface area contributed by atoms with Gasteiger partial charge in [0.1, 0.15) is 5.75 Å². The number of aliphatic hydroxyl groups excluding tert-OH is 1. The average Bonchev–Trinajstić information content (AvgIpc) is 2.29. The molecule has 5 N–H and O–H groups in total. The van der Waals surface area contributed by atoms with E-state index in [1.54, 1.807) is 0 Å². The van der Waals surface area contributed by atoms with Crippen molar-refractivity contribution in [3.63, 3.8) is 0 Å². The Morgan fingerprint density at radius 3 is 2.88 bits per heavy atom. The highest BCUT2D eigenvalue weighted by Crippen LogP contribution is 2.26. The number of halogens is 1. The van der Waals surface area contributed by atoms with E-state index < -0.39 is 0 Å². The van der Waals surface area contributed by atoms with E-state index in [1.165, 1.54) is 0 Å². The molecule has 0 atom stereocenters. The minimum absolute atomic E-state index is 0.0515. The highest BCUT2D eigenvalue weighted by atomic mass is 79.9. The Kier molecular flexibility index (Phi) is 5.79. The average molecular weight is 302 g/mol. The maximum atomic E-state index is 8.65. The molecule has 94 valence electrons. The predicted molar refractivity (Wildman–Crippen MR) is 70.1 cm³/mol. The Bertz CT molecular complexity index is 385. The first kappa shape index (κ1) is 13.8. The molecule has 1 aromatic rings. The van der Waals surface area contributed by atoms with E-state index >= 15 is 0 Å². The molecule has 0 aliphatic heterocycles. The van der Waals surface area contributed by atoms with Gasteiger partial charge in [0.05, 0.1) is 11.1 Å². The van der Waals surface area contributed by atoms with Crippen LogP contribution < -0.4 is 15.8 Å². The van der Waals surface area contributed by atoms with Gasteiger partial charge in [-0.05, 0) is 33.6 Å². The topological polar surface area (TPSA) is 91.4 Å². The Morgan fingerprint density at radius 1 is 1.53 bits per heavy atom. The summed E-state index contributed by atoms with van der Waals surface area (Å²) in [6, 6.07) is 5.65. The van der Waals surface area contributed by atoms with Gasteiger partial charge in [0.2, 0.25) is 0 Å². The molecule has 1 aromatic carbocycles. The Morgan fingerprint density at radius 2 is 2.29 bits per heavy atom. The predicted octanol–water partition coefficient (Wildman–Crippen LogP) is 1.19. The molecule has 0 radical (unpaired) electrons. The zero-order valence-corrected chi connectivity index (χ0v) is 11.0. The summed E-state index contributed by atoms with van der Waals surface area (Å²) in [4.78, 5) is 0. The van der Waals surface area contributed by atoms with Crippen molar-refractivity contribution in [3.8, 4) is 5.75 Å².